The summed E-state index contributed by atoms with van der Waals surface area (Å²) in [5, 5.41) is 2.68. The number of nitrogens with zero attached hydrogens (tertiary/aromatic N) is 1. The summed E-state index contributed by atoms with van der Waals surface area (Å²) in [4.78, 5) is 32.2. The minimum atomic E-state index is -1.65. The lowest BCUT2D eigenvalue weighted by molar-refractivity contribution is -0.902. The molecule has 9 heteroatoms. The van der Waals surface area contributed by atoms with Crippen LogP contribution in [-0.2, 0) is 4.79 Å². The average Bonchev–Trinajstić information content (AvgIpc) is 2.67. The van der Waals surface area contributed by atoms with Crippen molar-refractivity contribution >= 4 is 22.5 Å². The average molecular weight is 391 g/mol. The zero-order valence-electron chi connectivity index (χ0n) is 15.1. The molecule has 28 heavy (non-hydrogen) atoms. The number of H-pyrrole nitrogens is 1. The minimum absolute atomic E-state index is 0.115. The number of aromatic nitrogens is 2. The van der Waals surface area contributed by atoms with Crippen molar-refractivity contribution < 1.29 is 22.9 Å². The van der Waals surface area contributed by atoms with Crippen LogP contribution in [0.4, 0.5) is 18.9 Å². The number of quaternary nitrogens is 1. The highest BCUT2D eigenvalue weighted by Crippen LogP contribution is 2.19. The predicted molar refractivity (Wildman–Crippen MR) is 97.5 cm³/mol. The fourth-order valence-electron chi connectivity index (χ4n) is 2.77. The van der Waals surface area contributed by atoms with E-state index in [4.69, 9.17) is 0 Å². The van der Waals surface area contributed by atoms with Crippen LogP contribution in [0, 0.1) is 17.5 Å². The van der Waals surface area contributed by atoms with Crippen molar-refractivity contribution in [2.24, 2.45) is 0 Å². The van der Waals surface area contributed by atoms with E-state index in [9.17, 15) is 22.8 Å². The highest BCUT2D eigenvalue weighted by molar-refractivity contribution is 5.91. The molecule has 0 radical (unpaired) electrons. The van der Waals surface area contributed by atoms with Crippen LogP contribution in [0.5, 0.6) is 0 Å². The second-order valence-electron chi connectivity index (χ2n) is 6.48. The molecule has 1 heterocycles. The van der Waals surface area contributed by atoms with E-state index < -0.39 is 29.0 Å². The molecule has 6 nitrogen and oxygen atoms in total. The fraction of sp³-hybridized carbons (Fsp3) is 0.211. The Morgan fingerprint density at radius 2 is 1.89 bits per heavy atom. The molecule has 2 aromatic carbocycles. The van der Waals surface area contributed by atoms with Gasteiger partial charge in [-0.15, -0.1) is 0 Å². The Labute approximate surface area is 158 Å². The number of amides is 1. The molecule has 0 saturated carbocycles. The summed E-state index contributed by atoms with van der Waals surface area (Å²) in [5.74, 6) is -4.65. The molecule has 146 valence electrons. The SMILES string of the molecule is C[C@H](c1nc2ccccc2c(=O)[nH]1)[NH+](C)CC(=O)Nc1ccc(F)c(F)c1F. The van der Waals surface area contributed by atoms with Gasteiger partial charge in [0.25, 0.3) is 11.5 Å². The number of aromatic amines is 1. The van der Waals surface area contributed by atoms with Gasteiger partial charge in [-0.25, -0.2) is 18.2 Å². The molecule has 3 N–H and O–H groups in total. The molecule has 1 aromatic heterocycles. The fourth-order valence-corrected chi connectivity index (χ4v) is 2.77. The Balaban J connectivity index is 1.74. The van der Waals surface area contributed by atoms with E-state index in [1.54, 1.807) is 38.2 Å². The lowest BCUT2D eigenvalue weighted by Gasteiger charge is -2.20. The molecule has 0 saturated heterocycles. The number of carbonyl (C=O) groups is 1. The molecule has 2 atom stereocenters. The van der Waals surface area contributed by atoms with Crippen molar-refractivity contribution in [2.45, 2.75) is 13.0 Å². The van der Waals surface area contributed by atoms with Crippen LogP contribution in [0.15, 0.2) is 41.2 Å². The first kappa shape index (κ1) is 19.6. The highest BCUT2D eigenvalue weighted by atomic mass is 19.2. The van der Waals surface area contributed by atoms with E-state index >= 15 is 0 Å². The van der Waals surface area contributed by atoms with Gasteiger partial charge in [-0.2, -0.15) is 0 Å². The zero-order chi connectivity index (χ0) is 20.4. The Morgan fingerprint density at radius 1 is 1.18 bits per heavy atom. The maximum Gasteiger partial charge on any atom is 0.279 e. The molecule has 0 bridgehead atoms. The third-order valence-corrected chi connectivity index (χ3v) is 4.53. The third kappa shape index (κ3) is 3.89. The molecule has 0 fully saturated rings. The number of carbonyl (C=O) groups excluding carboxylic acids is 1. The Kier molecular flexibility index (Phi) is 5.46. The number of rotatable bonds is 5. The van der Waals surface area contributed by atoms with E-state index in [2.05, 4.69) is 15.3 Å². The quantitative estimate of drug-likeness (QED) is 0.578. The third-order valence-electron chi connectivity index (χ3n) is 4.53. The first-order valence-corrected chi connectivity index (χ1v) is 8.52. The summed E-state index contributed by atoms with van der Waals surface area (Å²) in [5.41, 5.74) is -0.190. The van der Waals surface area contributed by atoms with Crippen molar-refractivity contribution in [3.05, 3.63) is 70.0 Å². The largest absolute Gasteiger partial charge is 0.321 e. The molecular formula is C19H18F3N4O2+. The second kappa shape index (κ2) is 7.81. The van der Waals surface area contributed by atoms with Gasteiger partial charge in [0, 0.05) is 0 Å². The van der Waals surface area contributed by atoms with Crippen molar-refractivity contribution in [3.8, 4) is 0 Å². The van der Waals surface area contributed by atoms with Gasteiger partial charge in [-0.05, 0) is 31.2 Å². The molecule has 1 amide bonds. The summed E-state index contributed by atoms with van der Waals surface area (Å²) in [6.45, 7) is 1.66. The van der Waals surface area contributed by atoms with Crippen LogP contribution in [-0.4, -0.2) is 29.5 Å². The van der Waals surface area contributed by atoms with E-state index in [-0.39, 0.29) is 18.1 Å². The molecule has 3 aromatic rings. The molecule has 0 spiro atoms. The van der Waals surface area contributed by atoms with Crippen LogP contribution in [0.2, 0.25) is 0 Å². The predicted octanol–water partition coefficient (Wildman–Crippen LogP) is 1.55. The Morgan fingerprint density at radius 3 is 2.64 bits per heavy atom. The maximum atomic E-state index is 13.7. The Bertz CT molecular complexity index is 1100. The maximum absolute atomic E-state index is 13.7. The number of anilines is 1. The van der Waals surface area contributed by atoms with Gasteiger partial charge in [0.15, 0.2) is 29.8 Å². The number of nitrogens with one attached hydrogen (secondary N) is 3. The van der Waals surface area contributed by atoms with Gasteiger partial charge in [-0.1, -0.05) is 12.1 Å². The standard InChI is InChI=1S/C19H17F3N4O2/c1-10(18-24-13-6-4-3-5-11(13)19(28)25-18)26(2)9-15(27)23-14-8-7-12(20)16(21)17(14)22/h3-8,10H,9H2,1-2H3,(H,23,27)(H,24,25,28)/p+1/t10-/m1/s1. The van der Waals surface area contributed by atoms with Gasteiger partial charge in [0.05, 0.1) is 23.6 Å². The number of likely N-dealkylation sites (N-methyl/N-ethyl adjacent to an activating group) is 1. The summed E-state index contributed by atoms with van der Waals surface area (Å²) < 4.78 is 39.9. The van der Waals surface area contributed by atoms with E-state index in [1.165, 1.54) is 0 Å². The van der Waals surface area contributed by atoms with Gasteiger partial charge < -0.3 is 15.2 Å². The lowest BCUT2D eigenvalue weighted by atomic mass is 10.2. The number of para-hydroxylation sites is 1. The second-order valence-corrected chi connectivity index (χ2v) is 6.48. The number of fused-ring (bicyclic) bond motifs is 1. The summed E-state index contributed by atoms with van der Waals surface area (Å²) in [7, 11) is 1.70. The monoisotopic (exact) mass is 391 g/mol. The smallest absolute Gasteiger partial charge is 0.279 e. The van der Waals surface area contributed by atoms with E-state index in [0.29, 0.717) is 21.6 Å². The van der Waals surface area contributed by atoms with Crippen molar-refractivity contribution in [1.82, 2.24) is 9.97 Å². The molecule has 1 unspecified atom stereocenters. The number of benzene rings is 2. The molecule has 0 aliphatic heterocycles. The molecule has 3 rings (SSSR count). The van der Waals surface area contributed by atoms with Crippen LogP contribution in [0.3, 0.4) is 0 Å². The van der Waals surface area contributed by atoms with Crippen LogP contribution < -0.4 is 15.8 Å². The van der Waals surface area contributed by atoms with Crippen LogP contribution >= 0.6 is 0 Å². The van der Waals surface area contributed by atoms with Crippen molar-refractivity contribution in [3.63, 3.8) is 0 Å². The topological polar surface area (TPSA) is 79.3 Å². The summed E-state index contributed by atoms with van der Waals surface area (Å²) in [6.07, 6.45) is 0. The van der Waals surface area contributed by atoms with Crippen LogP contribution in [0.25, 0.3) is 10.9 Å². The van der Waals surface area contributed by atoms with Gasteiger partial charge in [-0.3, -0.25) is 9.59 Å². The normalized spacial score (nSPS) is 13.3. The summed E-state index contributed by atoms with van der Waals surface area (Å²) in [6, 6.07) is 8.21. The number of halogens is 3. The van der Waals surface area contributed by atoms with Crippen LogP contribution in [0.1, 0.15) is 18.8 Å². The van der Waals surface area contributed by atoms with Crippen molar-refractivity contribution in [2.75, 3.05) is 18.9 Å². The minimum Gasteiger partial charge on any atom is -0.321 e. The zero-order valence-corrected chi connectivity index (χ0v) is 15.1. The van der Waals surface area contributed by atoms with Gasteiger partial charge in [0.2, 0.25) is 0 Å². The first-order chi connectivity index (χ1) is 13.3. The molecular weight excluding hydrogens is 373 g/mol. The molecule has 0 aliphatic rings. The van der Waals surface area contributed by atoms with Crippen molar-refractivity contribution in [1.29, 1.82) is 0 Å². The first-order valence-electron chi connectivity index (χ1n) is 8.52. The lowest BCUT2D eigenvalue weighted by Crippen LogP contribution is -3.10. The van der Waals surface area contributed by atoms with Gasteiger partial charge >= 0.3 is 0 Å². The Hall–Kier alpha value is -3.20. The number of hydrogen-bond acceptors (Lipinski definition) is 3. The molecule has 0 aliphatic carbocycles. The van der Waals surface area contributed by atoms with Gasteiger partial charge in [0.1, 0.15) is 6.04 Å². The highest BCUT2D eigenvalue weighted by Gasteiger charge is 2.23. The number of hydrogen-bond donors (Lipinski definition) is 3. The summed E-state index contributed by atoms with van der Waals surface area (Å²) >= 11 is 0. The van der Waals surface area contributed by atoms with E-state index in [1.807, 2.05) is 0 Å². The van der Waals surface area contributed by atoms with E-state index in [0.717, 1.165) is 12.1 Å².